The summed E-state index contributed by atoms with van der Waals surface area (Å²) in [5, 5.41) is 2.87. The molecule has 0 radical (unpaired) electrons. The third-order valence-electron chi connectivity index (χ3n) is 3.13. The van der Waals surface area contributed by atoms with Crippen LogP contribution in [-0.4, -0.2) is 43.0 Å². The molecule has 0 atom stereocenters. The summed E-state index contributed by atoms with van der Waals surface area (Å²) >= 11 is 0. The van der Waals surface area contributed by atoms with Gasteiger partial charge in [-0.15, -0.1) is 0 Å². The number of esters is 1. The number of anilines is 1. The largest absolute Gasteiger partial charge is 0.465 e. The molecule has 1 rings (SSSR count). The fourth-order valence-corrected chi connectivity index (χ4v) is 2.02. The highest BCUT2D eigenvalue weighted by Crippen LogP contribution is 2.15. The first-order valence-corrected chi connectivity index (χ1v) is 7.21. The lowest BCUT2D eigenvalue weighted by Gasteiger charge is -2.19. The highest BCUT2D eigenvalue weighted by atomic mass is 16.5. The van der Waals surface area contributed by atoms with E-state index in [1.165, 1.54) is 0 Å². The molecular weight excluding hydrogens is 268 g/mol. The molecule has 116 valence electrons. The Hall–Kier alpha value is -1.88. The number of hydrogen-bond acceptors (Lipinski definition) is 4. The van der Waals surface area contributed by atoms with E-state index >= 15 is 0 Å². The van der Waals surface area contributed by atoms with Crippen molar-refractivity contribution in [3.05, 3.63) is 29.3 Å². The van der Waals surface area contributed by atoms with Gasteiger partial charge in [0.1, 0.15) is 0 Å². The van der Waals surface area contributed by atoms with Crippen LogP contribution in [0.25, 0.3) is 0 Å². The Morgan fingerprint density at radius 2 is 1.90 bits per heavy atom. The van der Waals surface area contributed by atoms with E-state index in [4.69, 9.17) is 4.74 Å². The Kier molecular flexibility index (Phi) is 6.88. The summed E-state index contributed by atoms with van der Waals surface area (Å²) in [5.74, 6) is -0.438. The van der Waals surface area contributed by atoms with Gasteiger partial charge in [0.2, 0.25) is 5.91 Å². The first kappa shape index (κ1) is 17.2. The summed E-state index contributed by atoms with van der Waals surface area (Å²) in [4.78, 5) is 25.2. The maximum Gasteiger partial charge on any atom is 0.320 e. The van der Waals surface area contributed by atoms with Crippen molar-refractivity contribution in [2.24, 2.45) is 0 Å². The number of likely N-dealkylation sites (N-methyl/N-ethyl adjacent to an activating group) is 1. The molecule has 0 aliphatic rings. The highest BCUT2D eigenvalue weighted by molar-refractivity contribution is 5.93. The van der Waals surface area contributed by atoms with Gasteiger partial charge in [-0.05, 0) is 38.9 Å². The van der Waals surface area contributed by atoms with E-state index in [2.05, 4.69) is 5.32 Å². The van der Waals surface area contributed by atoms with E-state index in [1.807, 2.05) is 39.0 Å². The van der Waals surface area contributed by atoms with Crippen molar-refractivity contribution in [1.29, 1.82) is 0 Å². The van der Waals surface area contributed by atoms with Crippen molar-refractivity contribution < 1.29 is 14.3 Å². The highest BCUT2D eigenvalue weighted by Gasteiger charge is 2.14. The Labute approximate surface area is 126 Å². The van der Waals surface area contributed by atoms with Crippen LogP contribution in [-0.2, 0) is 14.3 Å². The molecule has 0 spiro atoms. The molecule has 0 unspecified atom stereocenters. The molecule has 1 aromatic carbocycles. The molecule has 0 aromatic heterocycles. The zero-order valence-electron chi connectivity index (χ0n) is 13.2. The second-order valence-electron chi connectivity index (χ2n) is 4.97. The van der Waals surface area contributed by atoms with Crippen molar-refractivity contribution in [1.82, 2.24) is 4.90 Å². The molecular formula is C16H24N2O3. The van der Waals surface area contributed by atoms with Crippen LogP contribution in [0.3, 0.4) is 0 Å². The van der Waals surface area contributed by atoms with Crippen LogP contribution in [0.4, 0.5) is 5.69 Å². The lowest BCUT2D eigenvalue weighted by atomic mass is 10.1. The maximum absolute atomic E-state index is 12.1. The van der Waals surface area contributed by atoms with Gasteiger partial charge in [0, 0.05) is 5.69 Å². The average Bonchev–Trinajstić information content (AvgIpc) is 2.41. The zero-order chi connectivity index (χ0) is 15.8. The minimum absolute atomic E-state index is 0.130. The molecule has 0 aliphatic carbocycles. The molecule has 0 saturated carbocycles. The third kappa shape index (κ3) is 5.95. The molecule has 0 aliphatic heterocycles. The predicted octanol–water partition coefficient (Wildman–Crippen LogP) is 2.13. The molecule has 0 saturated heterocycles. The fourth-order valence-electron chi connectivity index (χ4n) is 2.02. The number of benzene rings is 1. The smallest absolute Gasteiger partial charge is 0.320 e. The SMILES string of the molecule is CCOC(=O)CN(CC)CC(=O)Nc1ccc(C)cc1C. The van der Waals surface area contributed by atoms with Crippen molar-refractivity contribution in [3.8, 4) is 0 Å². The number of amides is 1. The Morgan fingerprint density at radius 3 is 2.48 bits per heavy atom. The number of hydrogen-bond donors (Lipinski definition) is 1. The topological polar surface area (TPSA) is 58.6 Å². The minimum Gasteiger partial charge on any atom is -0.465 e. The second kappa shape index (κ2) is 8.42. The number of nitrogens with zero attached hydrogens (tertiary/aromatic N) is 1. The normalized spacial score (nSPS) is 10.5. The van der Waals surface area contributed by atoms with Crippen LogP contribution in [0, 0.1) is 13.8 Å². The van der Waals surface area contributed by atoms with Gasteiger partial charge in [0.05, 0.1) is 19.7 Å². The lowest BCUT2D eigenvalue weighted by Crippen LogP contribution is -2.37. The van der Waals surface area contributed by atoms with Crippen LogP contribution in [0.2, 0.25) is 0 Å². The Morgan fingerprint density at radius 1 is 1.19 bits per heavy atom. The monoisotopic (exact) mass is 292 g/mol. The number of nitrogens with one attached hydrogen (secondary N) is 1. The van der Waals surface area contributed by atoms with Crippen molar-refractivity contribution in [2.75, 3.05) is 31.6 Å². The molecule has 1 aromatic rings. The number of aryl methyl sites for hydroxylation is 2. The summed E-state index contributed by atoms with van der Waals surface area (Å²) in [6.45, 7) is 8.90. The summed E-state index contributed by atoms with van der Waals surface area (Å²) in [5.41, 5.74) is 2.98. The van der Waals surface area contributed by atoms with Crippen LogP contribution < -0.4 is 5.32 Å². The summed E-state index contributed by atoms with van der Waals surface area (Å²) in [7, 11) is 0. The van der Waals surface area contributed by atoms with E-state index in [1.54, 1.807) is 11.8 Å². The molecule has 5 nitrogen and oxygen atoms in total. The molecule has 0 bridgehead atoms. The quantitative estimate of drug-likeness (QED) is 0.782. The predicted molar refractivity (Wildman–Crippen MR) is 83.3 cm³/mol. The second-order valence-corrected chi connectivity index (χ2v) is 4.97. The molecule has 0 heterocycles. The molecule has 1 amide bonds. The van der Waals surface area contributed by atoms with Gasteiger partial charge in [0.25, 0.3) is 0 Å². The summed E-state index contributed by atoms with van der Waals surface area (Å²) in [6, 6.07) is 5.87. The molecule has 21 heavy (non-hydrogen) atoms. The summed E-state index contributed by atoms with van der Waals surface area (Å²) < 4.78 is 4.89. The zero-order valence-corrected chi connectivity index (χ0v) is 13.2. The van der Waals surface area contributed by atoms with Crippen LogP contribution >= 0.6 is 0 Å². The number of carbonyl (C=O) groups excluding carboxylic acids is 2. The van der Waals surface area contributed by atoms with E-state index in [9.17, 15) is 9.59 Å². The standard InChI is InChI=1S/C16H24N2O3/c1-5-18(11-16(20)21-6-2)10-15(19)17-14-8-7-12(3)9-13(14)4/h7-9H,5-6,10-11H2,1-4H3,(H,17,19). The minimum atomic E-state index is -0.307. The third-order valence-corrected chi connectivity index (χ3v) is 3.13. The first-order chi connectivity index (χ1) is 9.96. The fraction of sp³-hybridized carbons (Fsp3) is 0.500. The number of carbonyl (C=O) groups is 2. The lowest BCUT2D eigenvalue weighted by molar-refractivity contribution is -0.144. The van der Waals surface area contributed by atoms with E-state index in [0.29, 0.717) is 13.2 Å². The van der Waals surface area contributed by atoms with Gasteiger partial charge >= 0.3 is 5.97 Å². The van der Waals surface area contributed by atoms with Gasteiger partial charge in [0.15, 0.2) is 0 Å². The maximum atomic E-state index is 12.1. The van der Waals surface area contributed by atoms with Gasteiger partial charge in [-0.25, -0.2) is 0 Å². The van der Waals surface area contributed by atoms with E-state index in [-0.39, 0.29) is 25.0 Å². The molecule has 1 N–H and O–H groups in total. The van der Waals surface area contributed by atoms with Crippen molar-refractivity contribution in [3.63, 3.8) is 0 Å². The van der Waals surface area contributed by atoms with Gasteiger partial charge < -0.3 is 10.1 Å². The van der Waals surface area contributed by atoms with E-state index < -0.39 is 0 Å². The van der Waals surface area contributed by atoms with Crippen LogP contribution in [0.1, 0.15) is 25.0 Å². The van der Waals surface area contributed by atoms with Gasteiger partial charge in [-0.3, -0.25) is 14.5 Å². The van der Waals surface area contributed by atoms with E-state index in [0.717, 1.165) is 16.8 Å². The average molecular weight is 292 g/mol. The Bertz CT molecular complexity index is 500. The molecule has 5 heteroatoms. The summed E-state index contributed by atoms with van der Waals surface area (Å²) in [6.07, 6.45) is 0. The molecule has 0 fully saturated rings. The number of rotatable bonds is 7. The van der Waals surface area contributed by atoms with Gasteiger partial charge in [-0.1, -0.05) is 24.6 Å². The Balaban J connectivity index is 2.56. The number of ether oxygens (including phenoxy) is 1. The van der Waals surface area contributed by atoms with Crippen LogP contribution in [0.15, 0.2) is 18.2 Å². The van der Waals surface area contributed by atoms with Crippen LogP contribution in [0.5, 0.6) is 0 Å². The van der Waals surface area contributed by atoms with Gasteiger partial charge in [-0.2, -0.15) is 0 Å². The van der Waals surface area contributed by atoms with Crippen molar-refractivity contribution >= 4 is 17.6 Å². The van der Waals surface area contributed by atoms with Crippen molar-refractivity contribution in [2.45, 2.75) is 27.7 Å². The first-order valence-electron chi connectivity index (χ1n) is 7.21.